The molecule has 4 heterocycles. The van der Waals surface area contributed by atoms with E-state index in [1.165, 1.54) is 7.11 Å². The van der Waals surface area contributed by atoms with Gasteiger partial charge in [-0.05, 0) is 42.5 Å². The Balaban J connectivity index is 1.62. The second-order valence-corrected chi connectivity index (χ2v) is 5.35. The van der Waals surface area contributed by atoms with Gasteiger partial charge in [0.05, 0.1) is 7.11 Å². The molecule has 7 heteroatoms. The lowest BCUT2D eigenvalue weighted by molar-refractivity contribution is 0.102. The van der Waals surface area contributed by atoms with Crippen molar-refractivity contribution in [1.82, 2.24) is 19.2 Å². The van der Waals surface area contributed by atoms with Gasteiger partial charge in [0.1, 0.15) is 11.5 Å². The van der Waals surface area contributed by atoms with Crippen LogP contribution >= 0.6 is 0 Å². The smallest absolute Gasteiger partial charge is 0.276 e. The number of methoxy groups -OCH3 is 1. The van der Waals surface area contributed by atoms with E-state index < -0.39 is 0 Å². The van der Waals surface area contributed by atoms with Gasteiger partial charge < -0.3 is 14.5 Å². The third kappa shape index (κ3) is 2.72. The van der Waals surface area contributed by atoms with Crippen LogP contribution in [-0.2, 0) is 0 Å². The Bertz CT molecular complexity index is 1050. The number of amides is 1. The molecule has 0 unspecified atom stereocenters. The summed E-state index contributed by atoms with van der Waals surface area (Å²) in [6.07, 6.45) is 5.30. The molecule has 0 fully saturated rings. The van der Waals surface area contributed by atoms with Crippen LogP contribution in [0, 0.1) is 0 Å². The average Bonchev–Trinajstić information content (AvgIpc) is 3.29. The molecule has 0 spiro atoms. The molecule has 0 aliphatic rings. The molecular formula is C18H15N5O2. The molecule has 0 saturated carbocycles. The van der Waals surface area contributed by atoms with E-state index in [9.17, 15) is 4.79 Å². The maximum Gasteiger partial charge on any atom is 0.276 e. The van der Waals surface area contributed by atoms with Crippen LogP contribution in [0.3, 0.4) is 0 Å². The third-order valence-electron chi connectivity index (χ3n) is 3.81. The van der Waals surface area contributed by atoms with Crippen molar-refractivity contribution in [2.75, 3.05) is 12.4 Å². The van der Waals surface area contributed by atoms with Crippen LogP contribution in [-0.4, -0.2) is 32.2 Å². The quantitative estimate of drug-likeness (QED) is 0.623. The van der Waals surface area contributed by atoms with E-state index in [-0.39, 0.29) is 5.91 Å². The monoisotopic (exact) mass is 333 g/mol. The van der Waals surface area contributed by atoms with Gasteiger partial charge in [0.2, 0.25) is 5.88 Å². The maximum absolute atomic E-state index is 12.5. The standard InChI is InChI=1S/C18H15N5O2/c1-25-18-15(6-4-10-19-18)20-17(24)14-9-12-23(21-14)16-8-7-13-5-2-3-11-22(13)16/h2-12H,1H3,(H,20,24). The van der Waals surface area contributed by atoms with Crippen LogP contribution in [0.15, 0.2) is 67.1 Å². The number of anilines is 1. The molecular weight excluding hydrogens is 318 g/mol. The fourth-order valence-corrected chi connectivity index (χ4v) is 2.64. The molecule has 124 valence electrons. The fourth-order valence-electron chi connectivity index (χ4n) is 2.64. The van der Waals surface area contributed by atoms with Gasteiger partial charge >= 0.3 is 0 Å². The first-order chi connectivity index (χ1) is 12.3. The molecule has 0 aliphatic carbocycles. The molecule has 1 N–H and O–H groups in total. The van der Waals surface area contributed by atoms with Gasteiger partial charge in [0.15, 0.2) is 5.69 Å². The van der Waals surface area contributed by atoms with Crippen molar-refractivity contribution in [1.29, 1.82) is 0 Å². The van der Waals surface area contributed by atoms with Crippen molar-refractivity contribution in [2.24, 2.45) is 0 Å². The van der Waals surface area contributed by atoms with Crippen LogP contribution in [0.4, 0.5) is 5.69 Å². The average molecular weight is 333 g/mol. The zero-order chi connectivity index (χ0) is 17.2. The Labute approximate surface area is 143 Å². The highest BCUT2D eigenvalue weighted by molar-refractivity contribution is 6.03. The predicted octanol–water partition coefficient (Wildman–Crippen LogP) is 2.78. The SMILES string of the molecule is COc1ncccc1NC(=O)c1ccn(-c2ccc3ccccn23)n1. The number of ether oxygens (including phenoxy) is 1. The van der Waals surface area contributed by atoms with Crippen molar-refractivity contribution in [3.05, 3.63) is 72.8 Å². The number of carbonyl (C=O) groups is 1. The zero-order valence-electron chi connectivity index (χ0n) is 13.5. The van der Waals surface area contributed by atoms with E-state index in [0.717, 1.165) is 11.3 Å². The van der Waals surface area contributed by atoms with Gasteiger partial charge in [-0.2, -0.15) is 5.10 Å². The molecule has 4 aromatic heterocycles. The van der Waals surface area contributed by atoms with Gasteiger partial charge in [0, 0.05) is 24.1 Å². The molecule has 0 saturated heterocycles. The molecule has 0 aromatic carbocycles. The fraction of sp³-hybridized carbons (Fsp3) is 0.0556. The summed E-state index contributed by atoms with van der Waals surface area (Å²) in [7, 11) is 1.50. The maximum atomic E-state index is 12.5. The summed E-state index contributed by atoms with van der Waals surface area (Å²) in [4.78, 5) is 16.5. The first-order valence-electron chi connectivity index (χ1n) is 7.69. The Kier molecular flexibility index (Phi) is 3.66. The summed E-state index contributed by atoms with van der Waals surface area (Å²) >= 11 is 0. The Morgan fingerprint density at radius 3 is 2.88 bits per heavy atom. The van der Waals surface area contributed by atoms with E-state index in [1.807, 2.05) is 40.9 Å². The summed E-state index contributed by atoms with van der Waals surface area (Å²) in [6.45, 7) is 0. The highest BCUT2D eigenvalue weighted by Crippen LogP contribution is 2.20. The third-order valence-corrected chi connectivity index (χ3v) is 3.81. The minimum Gasteiger partial charge on any atom is -0.480 e. The van der Waals surface area contributed by atoms with E-state index in [1.54, 1.807) is 35.3 Å². The lowest BCUT2D eigenvalue weighted by atomic mass is 10.3. The minimum absolute atomic E-state index is 0.303. The van der Waals surface area contributed by atoms with Crippen LogP contribution in [0.5, 0.6) is 5.88 Å². The number of nitrogens with zero attached hydrogens (tertiary/aromatic N) is 4. The molecule has 25 heavy (non-hydrogen) atoms. The lowest BCUT2D eigenvalue weighted by Gasteiger charge is -2.07. The Morgan fingerprint density at radius 1 is 1.08 bits per heavy atom. The highest BCUT2D eigenvalue weighted by atomic mass is 16.5. The van der Waals surface area contributed by atoms with Crippen LogP contribution in [0.2, 0.25) is 0 Å². The first kappa shape index (κ1) is 14.9. The molecule has 0 atom stereocenters. The highest BCUT2D eigenvalue weighted by Gasteiger charge is 2.14. The van der Waals surface area contributed by atoms with Crippen molar-refractivity contribution >= 4 is 17.1 Å². The summed E-state index contributed by atoms with van der Waals surface area (Å²) < 4.78 is 8.81. The topological polar surface area (TPSA) is 73.5 Å². The number of hydrogen-bond donors (Lipinski definition) is 1. The van der Waals surface area contributed by atoms with Crippen LogP contribution in [0.25, 0.3) is 11.3 Å². The number of fused-ring (bicyclic) bond motifs is 1. The number of nitrogens with one attached hydrogen (secondary N) is 1. The number of hydrogen-bond acceptors (Lipinski definition) is 4. The lowest BCUT2D eigenvalue weighted by Crippen LogP contribution is -2.14. The number of aromatic nitrogens is 4. The summed E-state index contributed by atoms with van der Waals surface area (Å²) in [5.41, 5.74) is 1.86. The first-order valence-corrected chi connectivity index (χ1v) is 7.69. The van der Waals surface area contributed by atoms with Gasteiger partial charge in [-0.25, -0.2) is 9.67 Å². The molecule has 0 aliphatic heterocycles. The molecule has 4 rings (SSSR count). The van der Waals surface area contributed by atoms with E-state index in [4.69, 9.17) is 4.74 Å². The second-order valence-electron chi connectivity index (χ2n) is 5.35. The van der Waals surface area contributed by atoms with E-state index in [0.29, 0.717) is 17.3 Å². The van der Waals surface area contributed by atoms with Crippen molar-refractivity contribution < 1.29 is 9.53 Å². The van der Waals surface area contributed by atoms with Gasteiger partial charge in [-0.3, -0.25) is 4.79 Å². The van der Waals surface area contributed by atoms with Gasteiger partial charge in [0.25, 0.3) is 5.91 Å². The van der Waals surface area contributed by atoms with Crippen molar-refractivity contribution in [3.63, 3.8) is 0 Å². The number of rotatable bonds is 4. The molecule has 0 bridgehead atoms. The summed E-state index contributed by atoms with van der Waals surface area (Å²) in [5, 5.41) is 7.14. The molecule has 4 aromatic rings. The van der Waals surface area contributed by atoms with Crippen LogP contribution in [0.1, 0.15) is 10.5 Å². The second kappa shape index (κ2) is 6.12. The molecule has 7 nitrogen and oxygen atoms in total. The van der Waals surface area contributed by atoms with Gasteiger partial charge in [-0.15, -0.1) is 0 Å². The number of carbonyl (C=O) groups excluding carboxylic acids is 1. The van der Waals surface area contributed by atoms with Crippen molar-refractivity contribution in [2.45, 2.75) is 0 Å². The van der Waals surface area contributed by atoms with Gasteiger partial charge in [-0.1, -0.05) is 6.07 Å². The summed E-state index contributed by atoms with van der Waals surface area (Å²) in [6, 6.07) is 15.0. The normalized spacial score (nSPS) is 10.8. The largest absolute Gasteiger partial charge is 0.480 e. The number of pyridine rings is 2. The Hall–Kier alpha value is -3.61. The van der Waals surface area contributed by atoms with Crippen molar-refractivity contribution in [3.8, 4) is 11.7 Å². The summed E-state index contributed by atoms with van der Waals surface area (Å²) in [5.74, 6) is 0.882. The molecule has 1 amide bonds. The molecule has 0 radical (unpaired) electrons. The Morgan fingerprint density at radius 2 is 2.00 bits per heavy atom. The predicted molar refractivity (Wildman–Crippen MR) is 93.3 cm³/mol. The van der Waals surface area contributed by atoms with E-state index in [2.05, 4.69) is 15.4 Å². The zero-order valence-corrected chi connectivity index (χ0v) is 13.5. The minimum atomic E-state index is -0.328. The van der Waals surface area contributed by atoms with Crippen LogP contribution < -0.4 is 10.1 Å². The van der Waals surface area contributed by atoms with E-state index >= 15 is 0 Å².